The van der Waals surface area contributed by atoms with E-state index in [1.807, 2.05) is 0 Å². The second-order valence-electron chi connectivity index (χ2n) is 9.89. The van der Waals surface area contributed by atoms with Crippen LogP contribution >= 0.6 is 0 Å². The fourth-order valence-corrected chi connectivity index (χ4v) is 7.91. The van der Waals surface area contributed by atoms with E-state index in [1.54, 1.807) is 0 Å². The maximum Gasteiger partial charge on any atom is 0.272 e. The molecule has 0 bridgehead atoms. The summed E-state index contributed by atoms with van der Waals surface area (Å²) in [5, 5.41) is -0.689. The number of rotatable bonds is 4. The Balaban J connectivity index is 1.72. The Kier molecular flexibility index (Phi) is 6.67. The molecule has 3 saturated carbocycles. The molecule has 0 aromatic carbocycles. The summed E-state index contributed by atoms with van der Waals surface area (Å²) in [4.78, 5) is 0. The Hall–Kier alpha value is -0.610. The smallest absolute Gasteiger partial charge is 0.272 e. The maximum atomic E-state index is 12.7. The molecule has 3 nitrogen and oxygen atoms in total. The monoisotopic (exact) mass is 406 g/mol. The van der Waals surface area contributed by atoms with Crippen LogP contribution in [0.5, 0.6) is 0 Å². The number of allylic oxidation sites excluding steroid dienone is 3. The summed E-state index contributed by atoms with van der Waals surface area (Å²) in [6.07, 6.45) is 22.7. The van der Waals surface area contributed by atoms with E-state index in [0.717, 1.165) is 31.3 Å². The van der Waals surface area contributed by atoms with Crippen LogP contribution in [0.2, 0.25) is 0 Å². The summed E-state index contributed by atoms with van der Waals surface area (Å²) in [5.74, 6) is 1.33. The van der Waals surface area contributed by atoms with Gasteiger partial charge in [-0.1, -0.05) is 69.9 Å². The molecule has 4 heteroatoms. The van der Waals surface area contributed by atoms with Crippen LogP contribution in [-0.4, -0.2) is 18.2 Å². The molecule has 0 heterocycles. The lowest BCUT2D eigenvalue weighted by atomic mass is 9.68. The first kappa shape index (κ1) is 20.7. The molecule has 2 atom stereocenters. The van der Waals surface area contributed by atoms with Gasteiger partial charge in [-0.15, -0.1) is 0 Å². The van der Waals surface area contributed by atoms with Crippen molar-refractivity contribution in [2.24, 2.45) is 23.7 Å². The van der Waals surface area contributed by atoms with E-state index in [9.17, 15) is 13.0 Å². The minimum absolute atomic E-state index is 0.0193. The fourth-order valence-electron chi connectivity index (χ4n) is 6.60. The first-order valence-electron chi connectivity index (χ1n) is 11.9. The zero-order valence-electron chi connectivity index (χ0n) is 17.3. The molecular formula is C24H38O3S. The molecule has 0 aliphatic heterocycles. The Morgan fingerprint density at radius 3 is 1.75 bits per heavy atom. The van der Waals surface area contributed by atoms with Gasteiger partial charge in [0.25, 0.3) is 10.1 Å². The first-order chi connectivity index (χ1) is 13.5. The Morgan fingerprint density at radius 1 is 0.714 bits per heavy atom. The summed E-state index contributed by atoms with van der Waals surface area (Å²) in [7, 11) is -4.09. The molecule has 1 N–H and O–H groups in total. The summed E-state index contributed by atoms with van der Waals surface area (Å²) < 4.78 is 35.7. The molecule has 28 heavy (non-hydrogen) atoms. The van der Waals surface area contributed by atoms with Crippen molar-refractivity contribution in [1.82, 2.24) is 0 Å². The van der Waals surface area contributed by atoms with Crippen LogP contribution in [-0.2, 0) is 10.1 Å². The molecule has 0 radical (unpaired) electrons. The van der Waals surface area contributed by atoms with Crippen LogP contribution in [0, 0.1) is 23.7 Å². The molecule has 158 valence electrons. The van der Waals surface area contributed by atoms with E-state index in [2.05, 4.69) is 12.2 Å². The average Bonchev–Trinajstić information content (AvgIpc) is 2.74. The molecule has 0 aromatic heterocycles. The van der Waals surface area contributed by atoms with E-state index in [-0.39, 0.29) is 5.92 Å². The molecule has 0 spiro atoms. The van der Waals surface area contributed by atoms with Gasteiger partial charge in [-0.2, -0.15) is 8.42 Å². The van der Waals surface area contributed by atoms with Crippen molar-refractivity contribution in [3.05, 3.63) is 23.3 Å². The largest absolute Gasteiger partial charge is 0.285 e. The fraction of sp³-hybridized carbons (Fsp3) is 0.833. The molecule has 0 amide bonds. The van der Waals surface area contributed by atoms with E-state index in [4.69, 9.17) is 0 Å². The Morgan fingerprint density at radius 2 is 1.21 bits per heavy atom. The van der Waals surface area contributed by atoms with Crippen molar-refractivity contribution in [3.63, 3.8) is 0 Å². The average molecular weight is 407 g/mol. The van der Waals surface area contributed by atoms with Crippen LogP contribution in [0.15, 0.2) is 23.3 Å². The topological polar surface area (TPSA) is 54.4 Å². The Labute approximate surface area is 171 Å². The first-order valence-corrected chi connectivity index (χ1v) is 13.4. The van der Waals surface area contributed by atoms with Crippen LogP contribution in [0.4, 0.5) is 0 Å². The van der Waals surface area contributed by atoms with E-state index in [1.165, 1.54) is 76.2 Å². The van der Waals surface area contributed by atoms with Gasteiger partial charge in [0, 0.05) is 5.92 Å². The summed E-state index contributed by atoms with van der Waals surface area (Å²) in [6, 6.07) is 0. The number of hydrogen-bond donors (Lipinski definition) is 1. The van der Waals surface area contributed by atoms with Gasteiger partial charge >= 0.3 is 0 Å². The van der Waals surface area contributed by atoms with Gasteiger partial charge in [-0.25, -0.2) is 0 Å². The second-order valence-corrected chi connectivity index (χ2v) is 11.4. The third-order valence-electron chi connectivity index (χ3n) is 8.06. The van der Waals surface area contributed by atoms with Crippen molar-refractivity contribution in [2.75, 3.05) is 0 Å². The molecule has 4 aliphatic rings. The van der Waals surface area contributed by atoms with Gasteiger partial charge in [0.2, 0.25) is 0 Å². The summed E-state index contributed by atoms with van der Waals surface area (Å²) in [5.41, 5.74) is 2.48. The van der Waals surface area contributed by atoms with Gasteiger partial charge in [-0.05, 0) is 67.4 Å². The number of hydrogen-bond acceptors (Lipinski definition) is 2. The zero-order valence-corrected chi connectivity index (χ0v) is 18.1. The van der Waals surface area contributed by atoms with E-state index >= 15 is 0 Å². The van der Waals surface area contributed by atoms with E-state index in [0.29, 0.717) is 17.8 Å². The minimum Gasteiger partial charge on any atom is -0.285 e. The highest BCUT2D eigenvalue weighted by atomic mass is 32.2. The van der Waals surface area contributed by atoms with Gasteiger partial charge in [0.1, 0.15) is 5.25 Å². The highest BCUT2D eigenvalue weighted by Gasteiger charge is 2.43. The van der Waals surface area contributed by atoms with Crippen LogP contribution < -0.4 is 0 Å². The molecular weight excluding hydrogens is 368 g/mol. The van der Waals surface area contributed by atoms with Gasteiger partial charge in [-0.3, -0.25) is 4.55 Å². The summed E-state index contributed by atoms with van der Waals surface area (Å²) in [6.45, 7) is 0. The molecule has 3 fully saturated rings. The lowest BCUT2D eigenvalue weighted by molar-refractivity contribution is 0.265. The normalized spacial score (nSPS) is 32.0. The standard InChI is InChI=1S/C24H38O3S/c25-28(26,27)24-22(19-12-6-2-7-13-19)16-21(18-10-4-1-5-11-18)17-23(24)20-14-8-3-9-15-20/h16-20,22,24H,1-15H2,(H,25,26,27). The predicted molar refractivity (Wildman–Crippen MR) is 115 cm³/mol. The predicted octanol–water partition coefficient (Wildman–Crippen LogP) is 6.47. The zero-order chi connectivity index (χ0) is 19.6. The second kappa shape index (κ2) is 9.04. The van der Waals surface area contributed by atoms with Gasteiger partial charge < -0.3 is 0 Å². The lowest BCUT2D eigenvalue weighted by Crippen LogP contribution is -2.40. The SMILES string of the molecule is O=S(=O)(O)C1C(C2CCCCC2)=CC(C2CCCCC2)=CC1C1CCCCC1. The third kappa shape index (κ3) is 4.59. The van der Waals surface area contributed by atoms with Crippen LogP contribution in [0.1, 0.15) is 96.3 Å². The van der Waals surface area contributed by atoms with E-state index < -0.39 is 15.4 Å². The Bertz CT molecular complexity index is 687. The maximum absolute atomic E-state index is 12.7. The van der Waals surface area contributed by atoms with Crippen molar-refractivity contribution in [2.45, 2.75) is 102 Å². The van der Waals surface area contributed by atoms with Crippen LogP contribution in [0.3, 0.4) is 0 Å². The van der Waals surface area contributed by atoms with Gasteiger partial charge in [0.05, 0.1) is 0 Å². The lowest BCUT2D eigenvalue weighted by Gasteiger charge is -2.41. The molecule has 2 unspecified atom stereocenters. The molecule has 4 aliphatic carbocycles. The van der Waals surface area contributed by atoms with Gasteiger partial charge in [0.15, 0.2) is 0 Å². The summed E-state index contributed by atoms with van der Waals surface area (Å²) >= 11 is 0. The molecule has 4 rings (SSSR count). The quantitative estimate of drug-likeness (QED) is 0.545. The van der Waals surface area contributed by atoms with Crippen LogP contribution in [0.25, 0.3) is 0 Å². The van der Waals surface area contributed by atoms with Crippen molar-refractivity contribution in [3.8, 4) is 0 Å². The highest BCUT2D eigenvalue weighted by molar-refractivity contribution is 7.86. The van der Waals surface area contributed by atoms with Crippen molar-refractivity contribution < 1.29 is 13.0 Å². The molecule has 0 aromatic rings. The van der Waals surface area contributed by atoms with Crippen molar-refractivity contribution in [1.29, 1.82) is 0 Å². The molecule has 0 saturated heterocycles. The van der Waals surface area contributed by atoms with Crippen molar-refractivity contribution >= 4 is 10.1 Å². The third-order valence-corrected chi connectivity index (χ3v) is 9.29. The highest BCUT2D eigenvalue weighted by Crippen LogP contribution is 2.46. The minimum atomic E-state index is -4.09.